The van der Waals surface area contributed by atoms with Gasteiger partial charge in [-0.05, 0) is 72.6 Å². The molecular formula is C26H24O6. The van der Waals surface area contributed by atoms with E-state index in [0.29, 0.717) is 35.2 Å². The zero-order valence-corrected chi connectivity index (χ0v) is 17.4. The normalized spacial score (nSPS) is 35.4. The maximum absolute atomic E-state index is 13.2. The third kappa shape index (κ3) is 3.08. The van der Waals surface area contributed by atoms with Crippen molar-refractivity contribution in [1.82, 2.24) is 0 Å². The van der Waals surface area contributed by atoms with Gasteiger partial charge in [-0.1, -0.05) is 48.6 Å². The predicted molar refractivity (Wildman–Crippen MR) is 113 cm³/mol. The molecule has 0 spiro atoms. The number of allylic oxidation sites excluding steroid dienone is 2. The molecule has 8 unspecified atom stereocenters. The smallest absolute Gasteiger partial charge is 0.287 e. The highest BCUT2D eigenvalue weighted by Gasteiger charge is 2.68. The van der Waals surface area contributed by atoms with Crippen molar-refractivity contribution >= 4 is 11.9 Å². The minimum Gasteiger partial charge on any atom is -0.287 e. The molecule has 4 aliphatic rings. The summed E-state index contributed by atoms with van der Waals surface area (Å²) in [5.74, 6) is 0.679. The molecule has 0 N–H and O–H groups in total. The summed E-state index contributed by atoms with van der Waals surface area (Å²) in [4.78, 5) is 47.4. The Morgan fingerprint density at radius 2 is 1.06 bits per heavy atom. The molecule has 0 amide bonds. The molecule has 2 aromatic carbocycles. The summed E-state index contributed by atoms with van der Waals surface area (Å²) in [7, 11) is 0. The van der Waals surface area contributed by atoms with E-state index in [4.69, 9.17) is 19.6 Å². The lowest BCUT2D eigenvalue weighted by Gasteiger charge is -2.38. The summed E-state index contributed by atoms with van der Waals surface area (Å²) in [6.07, 6.45) is 6.54. The largest absolute Gasteiger partial charge is 0.359 e. The first-order valence-corrected chi connectivity index (χ1v) is 11.3. The average molecular weight is 432 g/mol. The topological polar surface area (TPSA) is 71.1 Å². The SMILES string of the molecule is O=C(OOc1ccccc1)C1C2CC(C1C(=O)OOc1ccccc1)C1C3C=CC(C3)C21. The molecule has 0 radical (unpaired) electrons. The van der Waals surface area contributed by atoms with Gasteiger partial charge < -0.3 is 0 Å². The molecular weight excluding hydrogens is 408 g/mol. The van der Waals surface area contributed by atoms with Crippen molar-refractivity contribution in [3.8, 4) is 11.5 Å². The summed E-state index contributed by atoms with van der Waals surface area (Å²) in [6.45, 7) is 0. The first-order valence-electron chi connectivity index (χ1n) is 11.3. The van der Waals surface area contributed by atoms with Gasteiger partial charge in [0.2, 0.25) is 0 Å². The molecule has 2 aromatic rings. The van der Waals surface area contributed by atoms with E-state index in [1.165, 1.54) is 0 Å². The second kappa shape index (κ2) is 7.69. The lowest BCUT2D eigenvalue weighted by molar-refractivity contribution is -0.235. The van der Waals surface area contributed by atoms with Crippen LogP contribution >= 0.6 is 0 Å². The van der Waals surface area contributed by atoms with Crippen LogP contribution in [-0.4, -0.2) is 11.9 Å². The molecule has 3 saturated carbocycles. The predicted octanol–water partition coefficient (Wildman–Crippen LogP) is 4.38. The Bertz CT molecular complexity index is 953. The molecule has 164 valence electrons. The zero-order valence-electron chi connectivity index (χ0n) is 17.4. The Balaban J connectivity index is 1.22. The molecule has 0 aliphatic heterocycles. The van der Waals surface area contributed by atoms with Gasteiger partial charge in [-0.2, -0.15) is 0 Å². The van der Waals surface area contributed by atoms with Crippen LogP contribution < -0.4 is 9.78 Å². The van der Waals surface area contributed by atoms with Gasteiger partial charge in [-0.25, -0.2) is 9.59 Å². The fraction of sp³-hybridized carbons (Fsp3) is 0.385. The van der Waals surface area contributed by atoms with E-state index >= 15 is 0 Å². The highest BCUT2D eigenvalue weighted by Crippen LogP contribution is 2.69. The lowest BCUT2D eigenvalue weighted by Crippen LogP contribution is -2.45. The third-order valence-corrected chi connectivity index (χ3v) is 7.90. The molecule has 6 heteroatoms. The molecule has 0 aromatic heterocycles. The van der Waals surface area contributed by atoms with Crippen LogP contribution in [-0.2, 0) is 19.4 Å². The minimum absolute atomic E-state index is 0.0890. The number of rotatable bonds is 6. The van der Waals surface area contributed by atoms with Crippen molar-refractivity contribution in [3.63, 3.8) is 0 Å². The number of fused-ring (bicyclic) bond motifs is 9. The van der Waals surface area contributed by atoms with Crippen LogP contribution in [0.15, 0.2) is 72.8 Å². The molecule has 6 nitrogen and oxygen atoms in total. The van der Waals surface area contributed by atoms with E-state index in [1.807, 2.05) is 12.1 Å². The summed E-state index contributed by atoms with van der Waals surface area (Å²) in [5, 5.41) is 0. The zero-order chi connectivity index (χ0) is 21.7. The van der Waals surface area contributed by atoms with Crippen LogP contribution in [0.4, 0.5) is 0 Å². The summed E-state index contributed by atoms with van der Waals surface area (Å²) in [5.41, 5.74) is 0. The van der Waals surface area contributed by atoms with Crippen LogP contribution in [0.1, 0.15) is 12.8 Å². The van der Waals surface area contributed by atoms with Gasteiger partial charge in [0.1, 0.15) is 0 Å². The first-order chi connectivity index (χ1) is 15.7. The van der Waals surface area contributed by atoms with E-state index in [-0.39, 0.29) is 11.8 Å². The Morgan fingerprint density at radius 1 is 0.625 bits per heavy atom. The van der Waals surface area contributed by atoms with Gasteiger partial charge >= 0.3 is 11.9 Å². The Morgan fingerprint density at radius 3 is 1.50 bits per heavy atom. The molecule has 4 bridgehead atoms. The standard InChI is InChI=1S/C26H24O6/c27-25(31-29-17-7-3-1-4-8-17)23-19-14-20(22-16-12-11-15(13-16)21(19)22)24(23)26(28)32-30-18-9-5-2-6-10-18/h1-12,15-16,19-24H,13-14H2. The molecule has 0 saturated heterocycles. The van der Waals surface area contributed by atoms with Crippen LogP contribution in [0.25, 0.3) is 0 Å². The van der Waals surface area contributed by atoms with Crippen LogP contribution in [0.5, 0.6) is 11.5 Å². The molecule has 3 fully saturated rings. The maximum atomic E-state index is 13.2. The summed E-state index contributed by atoms with van der Waals surface area (Å²) in [6, 6.07) is 17.8. The van der Waals surface area contributed by atoms with E-state index in [2.05, 4.69) is 12.2 Å². The number of hydrogen-bond acceptors (Lipinski definition) is 6. The number of para-hydroxylation sites is 2. The first kappa shape index (κ1) is 19.4. The van der Waals surface area contributed by atoms with E-state index in [1.54, 1.807) is 48.5 Å². The fourth-order valence-electron chi connectivity index (χ4n) is 6.92. The lowest BCUT2D eigenvalue weighted by atomic mass is 9.65. The molecule has 4 aliphatic carbocycles. The minimum atomic E-state index is -0.593. The summed E-state index contributed by atoms with van der Waals surface area (Å²) < 4.78 is 0. The monoisotopic (exact) mass is 432 g/mol. The number of benzene rings is 2. The van der Waals surface area contributed by atoms with Gasteiger partial charge in [0.15, 0.2) is 11.5 Å². The fourth-order valence-corrected chi connectivity index (χ4v) is 6.92. The van der Waals surface area contributed by atoms with Crippen molar-refractivity contribution in [2.24, 2.45) is 47.3 Å². The average Bonchev–Trinajstić information content (AvgIpc) is 3.61. The van der Waals surface area contributed by atoms with E-state index in [0.717, 1.165) is 12.8 Å². The molecule has 32 heavy (non-hydrogen) atoms. The molecule has 6 rings (SSSR count). The second-order valence-electron chi connectivity index (χ2n) is 9.32. The number of carbonyl (C=O) groups excluding carboxylic acids is 2. The van der Waals surface area contributed by atoms with E-state index in [9.17, 15) is 9.59 Å². The van der Waals surface area contributed by atoms with Crippen LogP contribution in [0.2, 0.25) is 0 Å². The van der Waals surface area contributed by atoms with Crippen molar-refractivity contribution in [1.29, 1.82) is 0 Å². The van der Waals surface area contributed by atoms with E-state index < -0.39 is 23.8 Å². The number of carbonyl (C=O) groups is 2. The second-order valence-corrected chi connectivity index (χ2v) is 9.32. The quantitative estimate of drug-likeness (QED) is 0.292. The van der Waals surface area contributed by atoms with Crippen LogP contribution in [0.3, 0.4) is 0 Å². The molecule has 8 atom stereocenters. The van der Waals surface area contributed by atoms with Gasteiger partial charge in [-0.15, -0.1) is 0 Å². The number of hydrogen-bond donors (Lipinski definition) is 0. The molecule has 0 heterocycles. The van der Waals surface area contributed by atoms with Gasteiger partial charge in [0.25, 0.3) is 0 Å². The van der Waals surface area contributed by atoms with Gasteiger partial charge in [0, 0.05) is 0 Å². The maximum Gasteiger partial charge on any atom is 0.359 e. The van der Waals surface area contributed by atoms with Crippen LogP contribution in [0, 0.1) is 47.3 Å². The van der Waals surface area contributed by atoms with Crippen molar-refractivity contribution in [2.75, 3.05) is 0 Å². The summed E-state index contributed by atoms with van der Waals surface area (Å²) >= 11 is 0. The van der Waals surface area contributed by atoms with Gasteiger partial charge in [0.05, 0.1) is 11.8 Å². The third-order valence-electron chi connectivity index (χ3n) is 7.90. The highest BCUT2D eigenvalue weighted by atomic mass is 17.2. The van der Waals surface area contributed by atoms with Crippen molar-refractivity contribution in [3.05, 3.63) is 72.8 Å². The Labute approximate surface area is 186 Å². The Kier molecular flexibility index (Phi) is 4.67. The highest BCUT2D eigenvalue weighted by molar-refractivity contribution is 5.83. The van der Waals surface area contributed by atoms with Gasteiger partial charge in [-0.3, -0.25) is 19.6 Å². The van der Waals surface area contributed by atoms with Crippen molar-refractivity contribution < 1.29 is 29.1 Å². The Hall–Kier alpha value is -3.28. The van der Waals surface area contributed by atoms with Crippen molar-refractivity contribution in [2.45, 2.75) is 12.8 Å².